The number of hydrogen-bond donors (Lipinski definition) is 2. The lowest BCUT2D eigenvalue weighted by molar-refractivity contribution is -0.0794. The lowest BCUT2D eigenvalue weighted by atomic mass is 9.88. The van der Waals surface area contributed by atoms with Gasteiger partial charge in [-0.05, 0) is 31.7 Å². The van der Waals surface area contributed by atoms with Crippen LogP contribution < -0.4 is 0 Å². The molecule has 4 heteroatoms. The van der Waals surface area contributed by atoms with E-state index in [0.29, 0.717) is 25.3 Å². The molecule has 114 valence electrons. The van der Waals surface area contributed by atoms with Crippen LogP contribution in [0.1, 0.15) is 70.5 Å². The Balaban J connectivity index is 1.98. The fourth-order valence-corrected chi connectivity index (χ4v) is 3.14. The molecule has 0 spiro atoms. The molecule has 1 aliphatic rings. The van der Waals surface area contributed by atoms with Crippen molar-refractivity contribution >= 4 is 0 Å². The standard InChI is InChI=1S/C16H28N2O2/c1-3-16(20,4-2)15(19)12-13-10-11-18(17-13)14-8-6-5-7-9-14/h10-11,14-15,19-20H,3-9,12H2,1-2H3. The molecule has 1 atom stereocenters. The van der Waals surface area contributed by atoms with E-state index >= 15 is 0 Å². The van der Waals surface area contributed by atoms with Gasteiger partial charge in [0.15, 0.2) is 0 Å². The molecule has 1 saturated carbocycles. The van der Waals surface area contributed by atoms with Crippen LogP contribution in [0.15, 0.2) is 12.3 Å². The molecule has 1 aromatic heterocycles. The van der Waals surface area contributed by atoms with Crippen LogP contribution in [0.2, 0.25) is 0 Å². The summed E-state index contributed by atoms with van der Waals surface area (Å²) >= 11 is 0. The average molecular weight is 280 g/mol. The summed E-state index contributed by atoms with van der Waals surface area (Å²) in [6, 6.07) is 2.50. The Kier molecular flexibility index (Phi) is 5.22. The summed E-state index contributed by atoms with van der Waals surface area (Å²) in [6.07, 6.45) is 9.15. The summed E-state index contributed by atoms with van der Waals surface area (Å²) in [7, 11) is 0. The third-order valence-corrected chi connectivity index (χ3v) is 4.86. The number of rotatable bonds is 6. The molecule has 0 aliphatic heterocycles. The van der Waals surface area contributed by atoms with Crippen LogP contribution in [0, 0.1) is 0 Å². The highest BCUT2D eigenvalue weighted by atomic mass is 16.3. The zero-order valence-electron chi connectivity index (χ0n) is 12.8. The van der Waals surface area contributed by atoms with Crippen LogP contribution >= 0.6 is 0 Å². The monoisotopic (exact) mass is 280 g/mol. The lowest BCUT2D eigenvalue weighted by Gasteiger charge is -2.30. The van der Waals surface area contributed by atoms with Gasteiger partial charge in [-0.1, -0.05) is 33.1 Å². The molecule has 0 amide bonds. The second-order valence-corrected chi connectivity index (χ2v) is 6.11. The van der Waals surface area contributed by atoms with Crippen LogP contribution in [0.5, 0.6) is 0 Å². The minimum absolute atomic E-state index is 0.428. The molecule has 0 saturated heterocycles. The first-order valence-electron chi connectivity index (χ1n) is 8.03. The normalized spacial score (nSPS) is 19.2. The zero-order valence-corrected chi connectivity index (χ0v) is 12.8. The molecule has 1 unspecified atom stereocenters. The molecule has 20 heavy (non-hydrogen) atoms. The Hall–Kier alpha value is -0.870. The van der Waals surface area contributed by atoms with Crippen LogP contribution in [0.4, 0.5) is 0 Å². The van der Waals surface area contributed by atoms with Gasteiger partial charge >= 0.3 is 0 Å². The van der Waals surface area contributed by atoms with Crippen LogP contribution in [-0.2, 0) is 6.42 Å². The molecular weight excluding hydrogens is 252 g/mol. The van der Waals surface area contributed by atoms with Gasteiger partial charge in [0.2, 0.25) is 0 Å². The molecular formula is C16H28N2O2. The van der Waals surface area contributed by atoms with Gasteiger partial charge in [-0.2, -0.15) is 5.10 Å². The van der Waals surface area contributed by atoms with Crippen LogP contribution in [0.3, 0.4) is 0 Å². The van der Waals surface area contributed by atoms with Crippen molar-refractivity contribution in [2.45, 2.75) is 83.0 Å². The maximum absolute atomic E-state index is 10.3. The Labute approximate surface area is 121 Å². The van der Waals surface area contributed by atoms with Gasteiger partial charge in [-0.25, -0.2) is 0 Å². The van der Waals surface area contributed by atoms with Gasteiger partial charge in [0, 0.05) is 12.6 Å². The Morgan fingerprint density at radius 2 is 1.95 bits per heavy atom. The van der Waals surface area contributed by atoms with Gasteiger partial charge in [-0.3, -0.25) is 4.68 Å². The maximum atomic E-state index is 10.3. The SMILES string of the molecule is CCC(O)(CC)C(O)Cc1ccn(C2CCCCC2)n1. The highest BCUT2D eigenvalue weighted by Crippen LogP contribution is 2.28. The van der Waals surface area contributed by atoms with Gasteiger partial charge < -0.3 is 10.2 Å². The van der Waals surface area contributed by atoms with Gasteiger partial charge in [-0.15, -0.1) is 0 Å². The van der Waals surface area contributed by atoms with E-state index in [4.69, 9.17) is 0 Å². The summed E-state index contributed by atoms with van der Waals surface area (Å²) in [6.45, 7) is 3.82. The third-order valence-electron chi connectivity index (χ3n) is 4.86. The fraction of sp³-hybridized carbons (Fsp3) is 0.812. The van der Waals surface area contributed by atoms with E-state index in [1.54, 1.807) is 0 Å². The number of aromatic nitrogens is 2. The molecule has 0 aromatic carbocycles. The van der Waals surface area contributed by atoms with E-state index in [2.05, 4.69) is 9.78 Å². The average Bonchev–Trinajstić information content (AvgIpc) is 2.95. The van der Waals surface area contributed by atoms with Crippen molar-refractivity contribution in [1.29, 1.82) is 0 Å². The minimum Gasteiger partial charge on any atom is -0.390 e. The quantitative estimate of drug-likeness (QED) is 0.842. The number of nitrogens with zero attached hydrogens (tertiary/aromatic N) is 2. The first-order chi connectivity index (χ1) is 9.59. The van der Waals surface area contributed by atoms with E-state index < -0.39 is 11.7 Å². The van der Waals surface area contributed by atoms with Crippen molar-refractivity contribution in [3.05, 3.63) is 18.0 Å². The Morgan fingerprint density at radius 1 is 1.30 bits per heavy atom. The lowest BCUT2D eigenvalue weighted by Crippen LogP contribution is -2.42. The Bertz CT molecular complexity index is 406. The topological polar surface area (TPSA) is 58.3 Å². The summed E-state index contributed by atoms with van der Waals surface area (Å²) in [4.78, 5) is 0. The summed E-state index contributed by atoms with van der Waals surface area (Å²) in [5, 5.41) is 25.2. The largest absolute Gasteiger partial charge is 0.390 e. The first-order valence-corrected chi connectivity index (χ1v) is 8.03. The third kappa shape index (κ3) is 3.41. The summed E-state index contributed by atoms with van der Waals surface area (Å²) in [5.41, 5.74) is -0.113. The maximum Gasteiger partial charge on any atom is 0.0904 e. The van der Waals surface area contributed by atoms with Crippen molar-refractivity contribution in [2.75, 3.05) is 0 Å². The molecule has 1 heterocycles. The number of hydrogen-bond acceptors (Lipinski definition) is 3. The van der Waals surface area contributed by atoms with E-state index in [9.17, 15) is 10.2 Å². The van der Waals surface area contributed by atoms with Crippen molar-refractivity contribution in [3.8, 4) is 0 Å². The van der Waals surface area contributed by atoms with Crippen LogP contribution in [0.25, 0.3) is 0 Å². The second-order valence-electron chi connectivity index (χ2n) is 6.11. The first kappa shape index (κ1) is 15.5. The summed E-state index contributed by atoms with van der Waals surface area (Å²) in [5.74, 6) is 0. The predicted molar refractivity (Wildman–Crippen MR) is 79.6 cm³/mol. The van der Waals surface area contributed by atoms with E-state index in [-0.39, 0.29) is 0 Å². The van der Waals surface area contributed by atoms with Crippen LogP contribution in [-0.4, -0.2) is 31.7 Å². The molecule has 1 fully saturated rings. The van der Waals surface area contributed by atoms with Crippen molar-refractivity contribution in [3.63, 3.8) is 0 Å². The van der Waals surface area contributed by atoms with Crippen molar-refractivity contribution < 1.29 is 10.2 Å². The number of aliphatic hydroxyl groups is 2. The minimum atomic E-state index is -0.991. The predicted octanol–water partition coefficient (Wildman–Crippen LogP) is 2.84. The zero-order chi connectivity index (χ0) is 14.6. The molecule has 1 aliphatic carbocycles. The molecule has 0 bridgehead atoms. The van der Waals surface area contributed by atoms with Gasteiger partial charge in [0.05, 0.1) is 23.4 Å². The molecule has 0 radical (unpaired) electrons. The van der Waals surface area contributed by atoms with Gasteiger partial charge in [0.1, 0.15) is 0 Å². The molecule has 2 N–H and O–H groups in total. The Morgan fingerprint density at radius 3 is 2.55 bits per heavy atom. The highest BCUT2D eigenvalue weighted by Gasteiger charge is 2.32. The molecule has 2 rings (SSSR count). The van der Waals surface area contributed by atoms with E-state index in [0.717, 1.165) is 5.69 Å². The van der Waals surface area contributed by atoms with Gasteiger partial charge in [0.25, 0.3) is 0 Å². The summed E-state index contributed by atoms with van der Waals surface area (Å²) < 4.78 is 2.05. The van der Waals surface area contributed by atoms with E-state index in [1.807, 2.05) is 26.1 Å². The second kappa shape index (κ2) is 6.72. The number of aliphatic hydroxyl groups excluding tert-OH is 1. The fourth-order valence-electron chi connectivity index (χ4n) is 3.14. The smallest absolute Gasteiger partial charge is 0.0904 e. The van der Waals surface area contributed by atoms with Crippen molar-refractivity contribution in [2.24, 2.45) is 0 Å². The highest BCUT2D eigenvalue weighted by molar-refractivity contribution is 5.04. The molecule has 4 nitrogen and oxygen atoms in total. The molecule has 1 aromatic rings. The van der Waals surface area contributed by atoms with Crippen molar-refractivity contribution in [1.82, 2.24) is 9.78 Å². The van der Waals surface area contributed by atoms with E-state index in [1.165, 1.54) is 32.1 Å².